The lowest BCUT2D eigenvalue weighted by Gasteiger charge is -2.33. The molecule has 5 nitrogen and oxygen atoms in total. The number of hydrogen-bond donors (Lipinski definition) is 0. The molecule has 1 atom stereocenters. The van der Waals surface area contributed by atoms with Gasteiger partial charge in [-0.05, 0) is 17.4 Å². The number of rotatable bonds is 5. The van der Waals surface area contributed by atoms with Crippen molar-refractivity contribution in [2.45, 2.75) is 20.0 Å². The van der Waals surface area contributed by atoms with Gasteiger partial charge in [-0.25, -0.2) is 9.78 Å². The summed E-state index contributed by atoms with van der Waals surface area (Å²) in [6.07, 6.45) is 1.57. The molecule has 24 heavy (non-hydrogen) atoms. The Morgan fingerprint density at radius 1 is 1.38 bits per heavy atom. The molecule has 3 rings (SSSR count). The molecule has 0 N–H and O–H groups in total. The highest BCUT2D eigenvalue weighted by Gasteiger charge is 2.23. The molecular weight excluding hydrogens is 304 g/mol. The van der Waals surface area contributed by atoms with E-state index in [1.807, 2.05) is 30.3 Å². The van der Waals surface area contributed by atoms with E-state index in [0.29, 0.717) is 18.2 Å². The van der Waals surface area contributed by atoms with Crippen LogP contribution in [0, 0.1) is 5.92 Å². The summed E-state index contributed by atoms with van der Waals surface area (Å²) in [7, 11) is 0. The molecule has 0 aliphatic carbocycles. The van der Waals surface area contributed by atoms with Crippen molar-refractivity contribution in [2.24, 2.45) is 5.92 Å². The Balaban J connectivity index is 1.61. The molecule has 128 valence electrons. The minimum atomic E-state index is -0.392. The molecule has 0 bridgehead atoms. The second-order valence-electron chi connectivity index (χ2n) is 6.63. The summed E-state index contributed by atoms with van der Waals surface area (Å²) in [6.45, 7) is 8.13. The molecule has 1 saturated heterocycles. The fraction of sp³-hybridized carbons (Fsp3) is 0.474. The Morgan fingerprint density at radius 3 is 3.04 bits per heavy atom. The number of morpholine rings is 1. The molecule has 0 saturated carbocycles. The average molecular weight is 328 g/mol. The van der Waals surface area contributed by atoms with Gasteiger partial charge >= 0.3 is 5.97 Å². The van der Waals surface area contributed by atoms with Crippen molar-refractivity contribution < 1.29 is 14.3 Å². The highest BCUT2D eigenvalue weighted by Crippen LogP contribution is 2.17. The van der Waals surface area contributed by atoms with E-state index in [9.17, 15) is 4.79 Å². The number of pyridine rings is 1. The van der Waals surface area contributed by atoms with Gasteiger partial charge < -0.3 is 9.47 Å². The molecule has 2 heterocycles. The van der Waals surface area contributed by atoms with Crippen molar-refractivity contribution in [1.29, 1.82) is 0 Å². The van der Waals surface area contributed by atoms with E-state index in [1.54, 1.807) is 6.20 Å². The van der Waals surface area contributed by atoms with E-state index in [1.165, 1.54) is 0 Å². The largest absolute Gasteiger partial charge is 0.458 e. The first kappa shape index (κ1) is 16.9. The van der Waals surface area contributed by atoms with Crippen LogP contribution in [0.3, 0.4) is 0 Å². The topological polar surface area (TPSA) is 51.7 Å². The minimum absolute atomic E-state index is 0.0728. The third-order valence-electron chi connectivity index (χ3n) is 4.11. The SMILES string of the molecule is CC(C)CN1CCOC(COC(=O)c2nccc3ccccc23)C1. The van der Waals surface area contributed by atoms with Gasteiger partial charge in [-0.1, -0.05) is 38.1 Å². The molecule has 2 aromatic rings. The predicted molar refractivity (Wildman–Crippen MR) is 93.0 cm³/mol. The van der Waals surface area contributed by atoms with Crippen molar-refractivity contribution in [2.75, 3.05) is 32.8 Å². The highest BCUT2D eigenvalue weighted by molar-refractivity contribution is 6.02. The zero-order valence-corrected chi connectivity index (χ0v) is 14.3. The van der Waals surface area contributed by atoms with Crippen LogP contribution in [0.5, 0.6) is 0 Å². The first-order valence-electron chi connectivity index (χ1n) is 8.48. The third kappa shape index (κ3) is 4.10. The van der Waals surface area contributed by atoms with Crippen LogP contribution >= 0.6 is 0 Å². The van der Waals surface area contributed by atoms with Crippen LogP contribution in [0.4, 0.5) is 0 Å². The van der Waals surface area contributed by atoms with Crippen molar-refractivity contribution in [3.05, 3.63) is 42.2 Å². The molecule has 1 aliphatic rings. The van der Waals surface area contributed by atoms with E-state index < -0.39 is 5.97 Å². The molecule has 0 radical (unpaired) electrons. The molecule has 1 fully saturated rings. The molecule has 5 heteroatoms. The first-order chi connectivity index (χ1) is 11.6. The minimum Gasteiger partial charge on any atom is -0.458 e. The Kier molecular flexibility index (Phi) is 5.43. The third-order valence-corrected chi connectivity index (χ3v) is 4.11. The number of hydrogen-bond acceptors (Lipinski definition) is 5. The van der Waals surface area contributed by atoms with Gasteiger partial charge in [-0.3, -0.25) is 4.90 Å². The lowest BCUT2D eigenvalue weighted by molar-refractivity contribution is -0.0613. The number of benzene rings is 1. The Labute approximate surface area is 142 Å². The fourth-order valence-corrected chi connectivity index (χ4v) is 3.08. The summed E-state index contributed by atoms with van der Waals surface area (Å²) in [5.41, 5.74) is 0.364. The van der Waals surface area contributed by atoms with Crippen LogP contribution in [0.25, 0.3) is 10.8 Å². The fourth-order valence-electron chi connectivity index (χ4n) is 3.08. The van der Waals surface area contributed by atoms with Crippen molar-refractivity contribution >= 4 is 16.7 Å². The maximum atomic E-state index is 12.4. The van der Waals surface area contributed by atoms with E-state index in [2.05, 4.69) is 23.7 Å². The summed E-state index contributed by atoms with van der Waals surface area (Å²) in [5.74, 6) is 0.225. The van der Waals surface area contributed by atoms with Crippen LogP contribution in [0.1, 0.15) is 24.3 Å². The number of carbonyl (C=O) groups is 1. The number of nitrogens with zero attached hydrogens (tertiary/aromatic N) is 2. The summed E-state index contributed by atoms with van der Waals surface area (Å²) < 4.78 is 11.2. The van der Waals surface area contributed by atoms with Crippen LogP contribution in [-0.2, 0) is 9.47 Å². The summed E-state index contributed by atoms with van der Waals surface area (Å²) >= 11 is 0. The Morgan fingerprint density at radius 2 is 2.21 bits per heavy atom. The average Bonchev–Trinajstić information content (AvgIpc) is 2.59. The van der Waals surface area contributed by atoms with Crippen LogP contribution in [0.15, 0.2) is 36.5 Å². The lowest BCUT2D eigenvalue weighted by atomic mass is 10.1. The van der Waals surface area contributed by atoms with Gasteiger partial charge in [0.25, 0.3) is 0 Å². The Hall–Kier alpha value is -1.98. The van der Waals surface area contributed by atoms with E-state index in [4.69, 9.17) is 9.47 Å². The molecule has 1 aliphatic heterocycles. The normalized spacial score (nSPS) is 18.9. The zero-order valence-electron chi connectivity index (χ0n) is 14.3. The second kappa shape index (κ2) is 7.73. The lowest BCUT2D eigenvalue weighted by Crippen LogP contribution is -2.45. The van der Waals surface area contributed by atoms with Gasteiger partial charge in [0.2, 0.25) is 0 Å². The van der Waals surface area contributed by atoms with E-state index in [-0.39, 0.29) is 12.7 Å². The first-order valence-corrected chi connectivity index (χ1v) is 8.48. The van der Waals surface area contributed by atoms with Crippen molar-refractivity contribution in [3.63, 3.8) is 0 Å². The van der Waals surface area contributed by atoms with Crippen molar-refractivity contribution in [3.8, 4) is 0 Å². The van der Waals surface area contributed by atoms with Crippen molar-refractivity contribution in [1.82, 2.24) is 9.88 Å². The molecule has 1 aromatic heterocycles. The number of aromatic nitrogens is 1. The van der Waals surface area contributed by atoms with Gasteiger partial charge in [0.05, 0.1) is 6.61 Å². The van der Waals surface area contributed by atoms with Gasteiger partial charge in [0.1, 0.15) is 12.7 Å². The van der Waals surface area contributed by atoms with Gasteiger partial charge in [0, 0.05) is 31.2 Å². The Bertz CT molecular complexity index is 697. The zero-order chi connectivity index (χ0) is 16.9. The van der Waals surface area contributed by atoms with Crippen LogP contribution < -0.4 is 0 Å². The van der Waals surface area contributed by atoms with E-state index in [0.717, 1.165) is 30.4 Å². The monoisotopic (exact) mass is 328 g/mol. The summed E-state index contributed by atoms with van der Waals surface area (Å²) in [4.78, 5) is 19.0. The van der Waals surface area contributed by atoms with E-state index >= 15 is 0 Å². The van der Waals surface area contributed by atoms with Gasteiger partial charge in [-0.15, -0.1) is 0 Å². The molecular formula is C19H24N2O3. The molecule has 0 spiro atoms. The standard InChI is InChI=1S/C19H24N2O3/c1-14(2)11-21-9-10-23-16(12-21)13-24-19(22)18-17-6-4-3-5-15(17)7-8-20-18/h3-8,14,16H,9-13H2,1-2H3. The smallest absolute Gasteiger partial charge is 0.357 e. The second-order valence-corrected chi connectivity index (χ2v) is 6.63. The predicted octanol–water partition coefficient (Wildman–Crippen LogP) is 2.75. The van der Waals surface area contributed by atoms with Gasteiger partial charge in [0.15, 0.2) is 5.69 Å². The number of ether oxygens (including phenoxy) is 2. The summed E-state index contributed by atoms with van der Waals surface area (Å²) in [6, 6.07) is 9.58. The van der Waals surface area contributed by atoms with Crippen LogP contribution in [0.2, 0.25) is 0 Å². The highest BCUT2D eigenvalue weighted by atomic mass is 16.6. The maximum absolute atomic E-state index is 12.4. The number of fused-ring (bicyclic) bond motifs is 1. The quantitative estimate of drug-likeness (QED) is 0.790. The molecule has 1 aromatic carbocycles. The molecule has 0 amide bonds. The molecule has 1 unspecified atom stereocenters. The van der Waals surface area contributed by atoms with Gasteiger partial charge in [-0.2, -0.15) is 0 Å². The number of esters is 1. The number of carbonyl (C=O) groups excluding carboxylic acids is 1. The van der Waals surface area contributed by atoms with Crippen LogP contribution in [-0.4, -0.2) is 54.8 Å². The summed E-state index contributed by atoms with van der Waals surface area (Å²) in [5, 5.41) is 1.80. The maximum Gasteiger partial charge on any atom is 0.357 e.